The Morgan fingerprint density at radius 2 is 1.96 bits per heavy atom. The topological polar surface area (TPSA) is 66.7 Å². The Hall–Kier alpha value is -2.37. The third kappa shape index (κ3) is 3.52. The number of hydrogen-bond donors (Lipinski definition) is 1. The maximum atomic E-state index is 12.6. The predicted octanol–water partition coefficient (Wildman–Crippen LogP) is 2.20. The van der Waals surface area contributed by atoms with Crippen LogP contribution in [0.5, 0.6) is 0 Å². The Labute approximate surface area is 136 Å². The second kappa shape index (κ2) is 7.26. The van der Waals surface area contributed by atoms with Crippen LogP contribution in [0.2, 0.25) is 0 Å². The molecule has 0 atom stereocenters. The first-order chi connectivity index (χ1) is 11.0. The summed E-state index contributed by atoms with van der Waals surface area (Å²) in [6.45, 7) is 9.69. The fourth-order valence-corrected chi connectivity index (χ4v) is 2.39. The van der Waals surface area contributed by atoms with E-state index in [0.717, 1.165) is 0 Å². The van der Waals surface area contributed by atoms with E-state index >= 15 is 0 Å². The zero-order chi connectivity index (χ0) is 17.0. The minimum Gasteiger partial charge on any atom is -0.349 e. The Morgan fingerprint density at radius 3 is 2.57 bits per heavy atom. The predicted molar refractivity (Wildman–Crippen MR) is 89.6 cm³/mol. The Morgan fingerprint density at radius 1 is 1.26 bits per heavy atom. The number of fused-ring (bicyclic) bond motifs is 1. The number of carbonyl (C=O) groups is 2. The molecule has 2 heterocycles. The molecule has 0 spiro atoms. The van der Waals surface area contributed by atoms with Crippen LogP contribution in [0.25, 0.3) is 5.52 Å². The molecule has 23 heavy (non-hydrogen) atoms. The summed E-state index contributed by atoms with van der Waals surface area (Å²) in [4.78, 5) is 31.1. The summed E-state index contributed by atoms with van der Waals surface area (Å²) in [6.07, 6.45) is 1.76. The number of rotatable bonds is 6. The Bertz CT molecular complexity index is 702. The SMILES string of the molecule is CCN(CC)C(=O)c1nc(C(=O)NCC(C)C)n2ccccc12. The molecule has 0 radical (unpaired) electrons. The number of carbonyl (C=O) groups excluding carboxylic acids is 2. The van der Waals surface area contributed by atoms with E-state index in [-0.39, 0.29) is 17.6 Å². The Balaban J connectivity index is 2.44. The molecule has 2 amide bonds. The molecule has 0 aliphatic rings. The van der Waals surface area contributed by atoms with Crippen LogP contribution in [-0.2, 0) is 0 Å². The molecule has 0 bridgehead atoms. The van der Waals surface area contributed by atoms with Crippen molar-refractivity contribution >= 4 is 17.3 Å². The average Bonchev–Trinajstić information content (AvgIpc) is 2.93. The van der Waals surface area contributed by atoms with E-state index in [0.29, 0.717) is 36.8 Å². The van der Waals surface area contributed by atoms with Gasteiger partial charge in [-0.2, -0.15) is 0 Å². The van der Waals surface area contributed by atoms with Crippen LogP contribution in [0.15, 0.2) is 24.4 Å². The van der Waals surface area contributed by atoms with Crippen LogP contribution in [0.3, 0.4) is 0 Å². The van der Waals surface area contributed by atoms with E-state index in [1.807, 2.05) is 45.9 Å². The van der Waals surface area contributed by atoms with Gasteiger partial charge in [0, 0.05) is 25.8 Å². The first-order valence-corrected chi connectivity index (χ1v) is 8.04. The summed E-state index contributed by atoms with van der Waals surface area (Å²) in [7, 11) is 0. The van der Waals surface area contributed by atoms with Gasteiger partial charge in [0.25, 0.3) is 11.8 Å². The second-order valence-corrected chi connectivity index (χ2v) is 5.82. The van der Waals surface area contributed by atoms with Gasteiger partial charge in [0.1, 0.15) is 0 Å². The number of nitrogens with zero attached hydrogens (tertiary/aromatic N) is 3. The van der Waals surface area contributed by atoms with Crippen molar-refractivity contribution in [2.75, 3.05) is 19.6 Å². The van der Waals surface area contributed by atoms with Crippen LogP contribution < -0.4 is 5.32 Å². The minimum atomic E-state index is -0.265. The third-order valence-electron chi connectivity index (χ3n) is 3.68. The molecule has 0 saturated heterocycles. The van der Waals surface area contributed by atoms with E-state index in [9.17, 15) is 9.59 Å². The average molecular weight is 316 g/mol. The van der Waals surface area contributed by atoms with E-state index in [1.54, 1.807) is 15.5 Å². The van der Waals surface area contributed by atoms with Crippen LogP contribution in [0.4, 0.5) is 0 Å². The maximum absolute atomic E-state index is 12.6. The molecule has 0 aliphatic heterocycles. The van der Waals surface area contributed by atoms with Crippen molar-refractivity contribution < 1.29 is 9.59 Å². The fraction of sp³-hybridized carbons (Fsp3) is 0.471. The molecule has 0 unspecified atom stereocenters. The zero-order valence-corrected chi connectivity index (χ0v) is 14.2. The molecule has 2 aromatic heterocycles. The molecule has 124 valence electrons. The standard InChI is InChI=1S/C17H24N4O2/c1-5-20(6-2)17(23)14-13-9-7-8-10-21(13)15(19-14)16(22)18-11-12(3)4/h7-10,12H,5-6,11H2,1-4H3,(H,18,22). The first kappa shape index (κ1) is 17.0. The van der Waals surface area contributed by atoms with Gasteiger partial charge in [-0.05, 0) is 31.9 Å². The molecule has 0 aliphatic carbocycles. The van der Waals surface area contributed by atoms with Gasteiger partial charge in [-0.15, -0.1) is 0 Å². The smallest absolute Gasteiger partial charge is 0.287 e. The third-order valence-corrected chi connectivity index (χ3v) is 3.68. The van der Waals surface area contributed by atoms with Crippen molar-refractivity contribution in [3.05, 3.63) is 35.9 Å². The fourth-order valence-electron chi connectivity index (χ4n) is 2.39. The van der Waals surface area contributed by atoms with Gasteiger partial charge >= 0.3 is 0 Å². The lowest BCUT2D eigenvalue weighted by Gasteiger charge is -2.17. The number of aromatic nitrogens is 2. The molecule has 2 rings (SSSR count). The van der Waals surface area contributed by atoms with Gasteiger partial charge in [-0.25, -0.2) is 4.98 Å². The summed E-state index contributed by atoms with van der Waals surface area (Å²) in [6, 6.07) is 5.47. The molecule has 1 N–H and O–H groups in total. The van der Waals surface area contributed by atoms with E-state index in [1.165, 1.54) is 0 Å². The second-order valence-electron chi connectivity index (χ2n) is 5.82. The summed E-state index contributed by atoms with van der Waals surface area (Å²) in [5.41, 5.74) is 0.975. The lowest BCUT2D eigenvalue weighted by atomic mass is 10.2. The molecular weight excluding hydrogens is 292 g/mol. The van der Waals surface area contributed by atoms with Crippen molar-refractivity contribution in [1.29, 1.82) is 0 Å². The van der Waals surface area contributed by atoms with Crippen molar-refractivity contribution in [3.8, 4) is 0 Å². The van der Waals surface area contributed by atoms with Gasteiger partial charge in [0.05, 0.1) is 5.52 Å². The maximum Gasteiger partial charge on any atom is 0.287 e. The van der Waals surface area contributed by atoms with E-state index in [4.69, 9.17) is 0 Å². The lowest BCUT2D eigenvalue weighted by Crippen LogP contribution is -2.31. The van der Waals surface area contributed by atoms with Gasteiger partial charge in [0.2, 0.25) is 5.82 Å². The van der Waals surface area contributed by atoms with Crippen molar-refractivity contribution in [3.63, 3.8) is 0 Å². The van der Waals surface area contributed by atoms with Crippen molar-refractivity contribution in [1.82, 2.24) is 19.6 Å². The highest BCUT2D eigenvalue weighted by Gasteiger charge is 2.23. The molecule has 0 fully saturated rings. The van der Waals surface area contributed by atoms with Gasteiger partial charge in [0.15, 0.2) is 5.69 Å². The number of hydrogen-bond acceptors (Lipinski definition) is 3. The van der Waals surface area contributed by atoms with Gasteiger partial charge < -0.3 is 10.2 Å². The van der Waals surface area contributed by atoms with Gasteiger partial charge in [-0.3, -0.25) is 14.0 Å². The highest BCUT2D eigenvalue weighted by molar-refractivity contribution is 6.02. The minimum absolute atomic E-state index is 0.151. The van der Waals surface area contributed by atoms with Crippen LogP contribution in [0, 0.1) is 5.92 Å². The molecular formula is C17H24N4O2. The highest BCUT2D eigenvalue weighted by Crippen LogP contribution is 2.15. The van der Waals surface area contributed by atoms with E-state index in [2.05, 4.69) is 10.3 Å². The number of pyridine rings is 1. The van der Waals surface area contributed by atoms with Crippen molar-refractivity contribution in [2.24, 2.45) is 5.92 Å². The summed E-state index contributed by atoms with van der Waals surface area (Å²) < 4.78 is 1.67. The molecule has 6 nitrogen and oxygen atoms in total. The molecule has 6 heteroatoms. The van der Waals surface area contributed by atoms with Crippen molar-refractivity contribution in [2.45, 2.75) is 27.7 Å². The highest BCUT2D eigenvalue weighted by atomic mass is 16.2. The summed E-state index contributed by atoms with van der Waals surface area (Å²) in [5.74, 6) is 0.179. The Kier molecular flexibility index (Phi) is 5.36. The number of imidazole rings is 1. The molecule has 0 saturated carbocycles. The van der Waals surface area contributed by atoms with E-state index < -0.39 is 0 Å². The number of nitrogens with one attached hydrogen (secondary N) is 1. The molecule has 2 aromatic rings. The van der Waals surface area contributed by atoms with Crippen LogP contribution in [-0.4, -0.2) is 45.7 Å². The first-order valence-electron chi connectivity index (χ1n) is 8.04. The largest absolute Gasteiger partial charge is 0.349 e. The zero-order valence-electron chi connectivity index (χ0n) is 14.2. The van der Waals surface area contributed by atoms with Gasteiger partial charge in [-0.1, -0.05) is 19.9 Å². The summed E-state index contributed by atoms with van der Waals surface area (Å²) >= 11 is 0. The number of amides is 2. The van der Waals surface area contributed by atoms with Crippen LogP contribution in [0.1, 0.15) is 48.8 Å². The monoisotopic (exact) mass is 316 g/mol. The summed E-state index contributed by atoms with van der Waals surface area (Å²) in [5, 5.41) is 2.85. The molecule has 0 aromatic carbocycles. The lowest BCUT2D eigenvalue weighted by molar-refractivity contribution is 0.0769. The van der Waals surface area contributed by atoms with Crippen LogP contribution >= 0.6 is 0 Å². The quantitative estimate of drug-likeness (QED) is 0.888. The normalized spacial score (nSPS) is 11.0.